The molecule has 1 saturated carbocycles. The lowest BCUT2D eigenvalue weighted by molar-refractivity contribution is -0.143. The normalized spacial score (nSPS) is 30.0. The average Bonchev–Trinajstić information content (AvgIpc) is 2.88. The van der Waals surface area contributed by atoms with Crippen LogP contribution < -0.4 is 0 Å². The zero-order valence-electron chi connectivity index (χ0n) is 13.0. The van der Waals surface area contributed by atoms with E-state index in [1.807, 2.05) is 12.3 Å². The van der Waals surface area contributed by atoms with Crippen molar-refractivity contribution < 1.29 is 9.47 Å². The van der Waals surface area contributed by atoms with Crippen molar-refractivity contribution in [1.82, 2.24) is 9.88 Å². The van der Waals surface area contributed by atoms with Crippen LogP contribution >= 0.6 is 0 Å². The van der Waals surface area contributed by atoms with E-state index in [9.17, 15) is 0 Å². The molecule has 1 saturated heterocycles. The van der Waals surface area contributed by atoms with E-state index in [0.717, 1.165) is 45.1 Å². The second-order valence-corrected chi connectivity index (χ2v) is 6.19. The van der Waals surface area contributed by atoms with Crippen LogP contribution in [0, 0.1) is 5.92 Å². The quantitative estimate of drug-likeness (QED) is 0.834. The van der Waals surface area contributed by atoms with Gasteiger partial charge in [0.05, 0.1) is 24.5 Å². The summed E-state index contributed by atoms with van der Waals surface area (Å²) in [7, 11) is 0. The second kappa shape index (κ2) is 6.86. The summed E-state index contributed by atoms with van der Waals surface area (Å²) in [6, 6.07) is 6.14. The van der Waals surface area contributed by atoms with E-state index in [0.29, 0.717) is 5.92 Å². The Morgan fingerprint density at radius 1 is 1.48 bits per heavy atom. The maximum absolute atomic E-state index is 6.26. The third kappa shape index (κ3) is 3.44. The largest absolute Gasteiger partial charge is 0.381 e. The van der Waals surface area contributed by atoms with Gasteiger partial charge in [-0.1, -0.05) is 12.5 Å². The van der Waals surface area contributed by atoms with E-state index < -0.39 is 0 Å². The number of hydrogen-bond donors (Lipinski definition) is 0. The van der Waals surface area contributed by atoms with Crippen molar-refractivity contribution >= 4 is 0 Å². The lowest BCUT2D eigenvalue weighted by Gasteiger charge is -2.44. The summed E-state index contributed by atoms with van der Waals surface area (Å²) in [6.07, 6.45) is 5.54. The van der Waals surface area contributed by atoms with E-state index in [1.54, 1.807) is 0 Å². The van der Waals surface area contributed by atoms with Gasteiger partial charge in [0.25, 0.3) is 0 Å². The van der Waals surface area contributed by atoms with Crippen molar-refractivity contribution in [3.8, 4) is 0 Å². The highest BCUT2D eigenvalue weighted by molar-refractivity contribution is 5.05. The molecular weight excluding hydrogens is 264 g/mol. The van der Waals surface area contributed by atoms with Gasteiger partial charge in [0, 0.05) is 38.4 Å². The number of nitrogens with zero attached hydrogens (tertiary/aromatic N) is 2. The molecule has 2 aliphatic rings. The Morgan fingerprint density at radius 3 is 3.24 bits per heavy atom. The lowest BCUT2D eigenvalue weighted by Crippen LogP contribution is -2.54. The third-order valence-electron chi connectivity index (χ3n) is 4.82. The molecule has 0 aromatic carbocycles. The van der Waals surface area contributed by atoms with Crippen molar-refractivity contribution in [2.24, 2.45) is 5.92 Å². The number of rotatable bonds is 5. The van der Waals surface area contributed by atoms with Crippen molar-refractivity contribution in [2.45, 2.75) is 38.3 Å². The summed E-state index contributed by atoms with van der Waals surface area (Å²) in [5, 5.41) is 0. The molecule has 21 heavy (non-hydrogen) atoms. The van der Waals surface area contributed by atoms with Gasteiger partial charge < -0.3 is 9.47 Å². The number of ether oxygens (including phenoxy) is 2. The molecular formula is C17H26N2O2. The molecule has 1 aromatic heterocycles. The Hall–Kier alpha value is -0.970. The molecule has 2 heterocycles. The number of aromatic nitrogens is 1. The number of pyridine rings is 1. The molecule has 4 nitrogen and oxygen atoms in total. The van der Waals surface area contributed by atoms with Gasteiger partial charge >= 0.3 is 0 Å². The molecule has 1 aromatic rings. The van der Waals surface area contributed by atoms with E-state index in [2.05, 4.69) is 28.9 Å². The zero-order chi connectivity index (χ0) is 14.5. The van der Waals surface area contributed by atoms with Crippen molar-refractivity contribution in [1.29, 1.82) is 0 Å². The SMILES string of the molecule is CCOC[C@@H]1CCC[C@@]12CN(Cc1ccccn1)CCO2. The summed E-state index contributed by atoms with van der Waals surface area (Å²) in [5.41, 5.74) is 1.16. The van der Waals surface area contributed by atoms with Crippen LogP contribution in [0.4, 0.5) is 0 Å². The summed E-state index contributed by atoms with van der Waals surface area (Å²) < 4.78 is 11.9. The van der Waals surface area contributed by atoms with Gasteiger partial charge in [-0.2, -0.15) is 0 Å². The van der Waals surface area contributed by atoms with Crippen LogP contribution in [0.5, 0.6) is 0 Å². The summed E-state index contributed by atoms with van der Waals surface area (Å²) >= 11 is 0. The van der Waals surface area contributed by atoms with Gasteiger partial charge in [-0.15, -0.1) is 0 Å². The van der Waals surface area contributed by atoms with Crippen LogP contribution in [0.25, 0.3) is 0 Å². The smallest absolute Gasteiger partial charge is 0.0859 e. The van der Waals surface area contributed by atoms with Gasteiger partial charge in [0.1, 0.15) is 0 Å². The molecule has 116 valence electrons. The first-order valence-electron chi connectivity index (χ1n) is 8.16. The van der Waals surface area contributed by atoms with Crippen LogP contribution in [-0.4, -0.2) is 48.4 Å². The predicted octanol–water partition coefficient (Wildman–Crippen LogP) is 2.49. The minimum absolute atomic E-state index is 0.0161. The van der Waals surface area contributed by atoms with E-state index in [1.165, 1.54) is 19.3 Å². The summed E-state index contributed by atoms with van der Waals surface area (Å²) in [6.45, 7) is 7.47. The first-order chi connectivity index (χ1) is 10.3. The molecule has 1 aliphatic carbocycles. The van der Waals surface area contributed by atoms with Crippen LogP contribution in [0.3, 0.4) is 0 Å². The molecule has 0 radical (unpaired) electrons. The highest BCUT2D eigenvalue weighted by Crippen LogP contribution is 2.41. The van der Waals surface area contributed by atoms with Crippen LogP contribution in [0.1, 0.15) is 31.9 Å². The molecule has 4 heteroatoms. The Morgan fingerprint density at radius 2 is 2.43 bits per heavy atom. The molecule has 3 rings (SSSR count). The van der Waals surface area contributed by atoms with Gasteiger partial charge in [0.15, 0.2) is 0 Å². The topological polar surface area (TPSA) is 34.6 Å². The average molecular weight is 290 g/mol. The standard InChI is InChI=1S/C17H26N2O2/c1-2-20-13-15-6-5-8-17(15)14-19(10-11-21-17)12-16-7-3-4-9-18-16/h3-4,7,9,15H,2,5-6,8,10-14H2,1H3/t15-,17+/m0/s1. The highest BCUT2D eigenvalue weighted by Gasteiger charge is 2.46. The summed E-state index contributed by atoms with van der Waals surface area (Å²) in [5.74, 6) is 0.545. The molecule has 1 aliphatic heterocycles. The fourth-order valence-corrected chi connectivity index (χ4v) is 3.75. The first-order valence-corrected chi connectivity index (χ1v) is 8.16. The Kier molecular flexibility index (Phi) is 4.88. The van der Waals surface area contributed by atoms with Gasteiger partial charge in [-0.05, 0) is 31.9 Å². The van der Waals surface area contributed by atoms with Gasteiger partial charge in [-0.25, -0.2) is 0 Å². The fraction of sp³-hybridized carbons (Fsp3) is 0.706. The van der Waals surface area contributed by atoms with E-state index >= 15 is 0 Å². The molecule has 2 fully saturated rings. The molecule has 0 unspecified atom stereocenters. The van der Waals surface area contributed by atoms with Crippen LogP contribution in [-0.2, 0) is 16.0 Å². The third-order valence-corrected chi connectivity index (χ3v) is 4.82. The maximum Gasteiger partial charge on any atom is 0.0859 e. The van der Waals surface area contributed by atoms with Crippen molar-refractivity contribution in [2.75, 3.05) is 32.9 Å². The summed E-state index contributed by atoms with van der Waals surface area (Å²) in [4.78, 5) is 6.95. The monoisotopic (exact) mass is 290 g/mol. The molecule has 0 amide bonds. The minimum Gasteiger partial charge on any atom is -0.381 e. The van der Waals surface area contributed by atoms with Crippen LogP contribution in [0.15, 0.2) is 24.4 Å². The number of hydrogen-bond acceptors (Lipinski definition) is 4. The van der Waals surface area contributed by atoms with Gasteiger partial charge in [0.2, 0.25) is 0 Å². The van der Waals surface area contributed by atoms with Crippen molar-refractivity contribution in [3.63, 3.8) is 0 Å². The predicted molar refractivity (Wildman–Crippen MR) is 82.0 cm³/mol. The van der Waals surface area contributed by atoms with Crippen LogP contribution in [0.2, 0.25) is 0 Å². The van der Waals surface area contributed by atoms with Crippen molar-refractivity contribution in [3.05, 3.63) is 30.1 Å². The maximum atomic E-state index is 6.26. The van der Waals surface area contributed by atoms with Gasteiger partial charge in [-0.3, -0.25) is 9.88 Å². The first kappa shape index (κ1) is 14.9. The molecule has 1 spiro atoms. The van der Waals surface area contributed by atoms with E-state index in [4.69, 9.17) is 9.47 Å². The fourth-order valence-electron chi connectivity index (χ4n) is 3.75. The Bertz CT molecular complexity index is 440. The lowest BCUT2D eigenvalue weighted by atomic mass is 9.89. The Balaban J connectivity index is 1.64. The Labute approximate surface area is 127 Å². The molecule has 0 bridgehead atoms. The molecule has 2 atom stereocenters. The van der Waals surface area contributed by atoms with E-state index in [-0.39, 0.29) is 5.60 Å². The highest BCUT2D eigenvalue weighted by atomic mass is 16.5. The number of morpholine rings is 1. The second-order valence-electron chi connectivity index (χ2n) is 6.19. The molecule has 0 N–H and O–H groups in total. The minimum atomic E-state index is 0.0161. The zero-order valence-corrected chi connectivity index (χ0v) is 13.0.